The fourth-order valence-corrected chi connectivity index (χ4v) is 2.35. The fourth-order valence-electron chi connectivity index (χ4n) is 1.82. The number of nitrogens with one attached hydrogen (secondary N) is 1. The van der Waals surface area contributed by atoms with E-state index < -0.39 is 5.97 Å². The van der Waals surface area contributed by atoms with Gasteiger partial charge in [0.15, 0.2) is 6.61 Å². The van der Waals surface area contributed by atoms with Crippen LogP contribution < -0.4 is 5.32 Å². The number of para-hydroxylation sites is 1. The third-order valence-electron chi connectivity index (χ3n) is 2.94. The molecule has 0 atom stereocenters. The van der Waals surface area contributed by atoms with Gasteiger partial charge in [0.25, 0.3) is 5.91 Å². The van der Waals surface area contributed by atoms with Gasteiger partial charge < -0.3 is 10.1 Å². The zero-order chi connectivity index (χ0) is 15.9. The lowest BCUT2D eigenvalue weighted by Crippen LogP contribution is -2.21. The van der Waals surface area contributed by atoms with Crippen molar-refractivity contribution in [3.63, 3.8) is 0 Å². The van der Waals surface area contributed by atoms with E-state index in [1.165, 1.54) is 11.8 Å². The number of ether oxygens (including phenoxy) is 1. The highest BCUT2D eigenvalue weighted by atomic mass is 32.2. The predicted octanol–water partition coefficient (Wildman–Crippen LogP) is 2.91. The topological polar surface area (TPSA) is 68.3 Å². The second kappa shape index (κ2) is 7.61. The molecule has 0 spiro atoms. The summed E-state index contributed by atoms with van der Waals surface area (Å²) in [6.45, 7) is 1.55. The molecule has 1 aromatic heterocycles. The lowest BCUT2D eigenvalue weighted by Gasteiger charge is -2.09. The highest BCUT2D eigenvalue weighted by Gasteiger charge is 2.15. The van der Waals surface area contributed by atoms with Crippen molar-refractivity contribution in [2.75, 3.05) is 18.2 Å². The van der Waals surface area contributed by atoms with Crippen LogP contribution in [0.25, 0.3) is 0 Å². The largest absolute Gasteiger partial charge is 0.452 e. The van der Waals surface area contributed by atoms with E-state index in [-0.39, 0.29) is 12.5 Å². The molecule has 0 saturated carbocycles. The van der Waals surface area contributed by atoms with Gasteiger partial charge in [-0.05, 0) is 36.9 Å². The van der Waals surface area contributed by atoms with E-state index in [2.05, 4.69) is 10.3 Å². The summed E-state index contributed by atoms with van der Waals surface area (Å²) in [7, 11) is 0. The number of amides is 1. The van der Waals surface area contributed by atoms with Crippen molar-refractivity contribution >= 4 is 29.3 Å². The Balaban J connectivity index is 1.94. The molecule has 22 heavy (non-hydrogen) atoms. The maximum absolute atomic E-state index is 12.0. The van der Waals surface area contributed by atoms with E-state index in [0.29, 0.717) is 16.3 Å². The summed E-state index contributed by atoms with van der Waals surface area (Å²) in [4.78, 5) is 27.9. The SMILES string of the molecule is CSc1ncccc1C(=O)OCC(=O)Nc1ccccc1C. The van der Waals surface area contributed by atoms with Gasteiger partial charge in [0, 0.05) is 11.9 Å². The maximum Gasteiger partial charge on any atom is 0.341 e. The Hall–Kier alpha value is -2.34. The summed E-state index contributed by atoms with van der Waals surface area (Å²) in [5.74, 6) is -0.936. The Morgan fingerprint density at radius 1 is 1.23 bits per heavy atom. The first-order chi connectivity index (χ1) is 10.6. The van der Waals surface area contributed by atoms with Crippen LogP contribution in [0.5, 0.6) is 0 Å². The van der Waals surface area contributed by atoms with E-state index in [9.17, 15) is 9.59 Å². The summed E-state index contributed by atoms with van der Waals surface area (Å²) in [5, 5.41) is 3.28. The Morgan fingerprint density at radius 2 is 2.00 bits per heavy atom. The van der Waals surface area contributed by atoms with E-state index in [1.54, 1.807) is 24.4 Å². The standard InChI is InChI=1S/C16H16N2O3S/c1-11-6-3-4-8-13(11)18-14(19)10-21-16(20)12-7-5-9-17-15(12)22-2/h3-9H,10H2,1-2H3,(H,18,19). The molecule has 114 valence electrons. The molecule has 1 heterocycles. The van der Waals surface area contributed by atoms with Crippen molar-refractivity contribution in [2.45, 2.75) is 11.9 Å². The fraction of sp³-hybridized carbons (Fsp3) is 0.188. The normalized spacial score (nSPS) is 10.1. The van der Waals surface area contributed by atoms with Crippen molar-refractivity contribution in [3.05, 3.63) is 53.7 Å². The molecule has 0 aliphatic rings. The third-order valence-corrected chi connectivity index (χ3v) is 3.65. The molecular weight excluding hydrogens is 300 g/mol. The minimum Gasteiger partial charge on any atom is -0.452 e. The number of pyridine rings is 1. The van der Waals surface area contributed by atoms with E-state index in [1.807, 2.05) is 31.4 Å². The van der Waals surface area contributed by atoms with Gasteiger partial charge in [-0.2, -0.15) is 0 Å². The van der Waals surface area contributed by atoms with Gasteiger partial charge in [0.1, 0.15) is 5.03 Å². The first-order valence-electron chi connectivity index (χ1n) is 6.63. The number of hydrogen-bond acceptors (Lipinski definition) is 5. The molecule has 6 heteroatoms. The van der Waals surface area contributed by atoms with Crippen LogP contribution >= 0.6 is 11.8 Å². The van der Waals surface area contributed by atoms with Gasteiger partial charge in [0.2, 0.25) is 0 Å². The van der Waals surface area contributed by atoms with Crippen LogP contribution in [0, 0.1) is 6.92 Å². The average Bonchev–Trinajstić information content (AvgIpc) is 2.54. The van der Waals surface area contributed by atoms with Crippen molar-refractivity contribution in [2.24, 2.45) is 0 Å². The summed E-state index contributed by atoms with van der Waals surface area (Å²) >= 11 is 1.35. The lowest BCUT2D eigenvalue weighted by molar-refractivity contribution is -0.119. The summed E-state index contributed by atoms with van der Waals surface area (Å²) in [5.41, 5.74) is 2.01. The van der Waals surface area contributed by atoms with Crippen LogP contribution in [-0.2, 0) is 9.53 Å². The minimum atomic E-state index is -0.558. The second-order valence-corrected chi connectivity index (χ2v) is 5.29. The quantitative estimate of drug-likeness (QED) is 0.678. The summed E-state index contributed by atoms with van der Waals surface area (Å²) in [6, 6.07) is 10.7. The summed E-state index contributed by atoms with van der Waals surface area (Å²) in [6.07, 6.45) is 3.43. The molecule has 1 N–H and O–H groups in total. The Kier molecular flexibility index (Phi) is 5.55. The third kappa shape index (κ3) is 4.08. The maximum atomic E-state index is 12.0. The molecule has 1 amide bonds. The van der Waals surface area contributed by atoms with Crippen LogP contribution in [0.2, 0.25) is 0 Å². The molecule has 0 bridgehead atoms. The molecule has 0 saturated heterocycles. The predicted molar refractivity (Wildman–Crippen MR) is 86.1 cm³/mol. The van der Waals surface area contributed by atoms with Gasteiger partial charge in [-0.1, -0.05) is 18.2 Å². The molecular formula is C16H16N2O3S. The lowest BCUT2D eigenvalue weighted by atomic mass is 10.2. The van der Waals surface area contributed by atoms with Gasteiger partial charge in [0.05, 0.1) is 5.56 Å². The van der Waals surface area contributed by atoms with Crippen molar-refractivity contribution in [3.8, 4) is 0 Å². The second-order valence-electron chi connectivity index (χ2n) is 4.50. The molecule has 2 aromatic rings. The van der Waals surface area contributed by atoms with Crippen molar-refractivity contribution < 1.29 is 14.3 Å². The molecule has 0 aliphatic heterocycles. The molecule has 0 unspecified atom stereocenters. The number of aryl methyl sites for hydroxylation is 1. The van der Waals surface area contributed by atoms with E-state index in [0.717, 1.165) is 5.56 Å². The van der Waals surface area contributed by atoms with Crippen LogP contribution in [0.1, 0.15) is 15.9 Å². The monoisotopic (exact) mass is 316 g/mol. The number of anilines is 1. The van der Waals surface area contributed by atoms with Crippen LogP contribution in [0.3, 0.4) is 0 Å². The molecule has 0 aliphatic carbocycles. The van der Waals surface area contributed by atoms with Crippen molar-refractivity contribution in [1.82, 2.24) is 4.98 Å². The highest BCUT2D eigenvalue weighted by molar-refractivity contribution is 7.98. The van der Waals surface area contributed by atoms with Gasteiger partial charge >= 0.3 is 5.97 Å². The number of esters is 1. The molecule has 5 nitrogen and oxygen atoms in total. The number of rotatable bonds is 5. The van der Waals surface area contributed by atoms with Gasteiger partial charge in [-0.25, -0.2) is 9.78 Å². The van der Waals surface area contributed by atoms with Crippen molar-refractivity contribution in [1.29, 1.82) is 0 Å². The molecule has 1 aromatic carbocycles. The minimum absolute atomic E-state index is 0.337. The molecule has 2 rings (SSSR count). The number of benzene rings is 1. The Labute approximate surface area is 133 Å². The number of carbonyl (C=O) groups excluding carboxylic acids is 2. The first kappa shape index (κ1) is 16.0. The van der Waals surface area contributed by atoms with Gasteiger partial charge in [-0.15, -0.1) is 11.8 Å². The zero-order valence-electron chi connectivity index (χ0n) is 12.3. The Morgan fingerprint density at radius 3 is 2.73 bits per heavy atom. The smallest absolute Gasteiger partial charge is 0.341 e. The van der Waals surface area contributed by atoms with Crippen LogP contribution in [-0.4, -0.2) is 29.7 Å². The number of aromatic nitrogens is 1. The first-order valence-corrected chi connectivity index (χ1v) is 7.86. The Bertz CT molecular complexity index is 689. The van der Waals surface area contributed by atoms with Gasteiger partial charge in [-0.3, -0.25) is 4.79 Å². The van der Waals surface area contributed by atoms with E-state index >= 15 is 0 Å². The number of carbonyl (C=O) groups is 2. The zero-order valence-corrected chi connectivity index (χ0v) is 13.1. The molecule has 0 fully saturated rings. The summed E-state index contributed by atoms with van der Waals surface area (Å²) < 4.78 is 5.04. The molecule has 0 radical (unpaired) electrons. The van der Waals surface area contributed by atoms with Crippen LogP contribution in [0.4, 0.5) is 5.69 Å². The number of nitrogens with zero attached hydrogens (tertiary/aromatic N) is 1. The number of hydrogen-bond donors (Lipinski definition) is 1. The number of thioether (sulfide) groups is 1. The van der Waals surface area contributed by atoms with E-state index in [4.69, 9.17) is 4.74 Å². The average molecular weight is 316 g/mol. The highest BCUT2D eigenvalue weighted by Crippen LogP contribution is 2.17. The van der Waals surface area contributed by atoms with Crippen LogP contribution in [0.15, 0.2) is 47.6 Å².